The fourth-order valence-corrected chi connectivity index (χ4v) is 3.24. The van der Waals surface area contributed by atoms with Crippen LogP contribution >= 0.6 is 11.3 Å². The van der Waals surface area contributed by atoms with Crippen molar-refractivity contribution in [2.24, 2.45) is 5.92 Å². The molecule has 0 aromatic carbocycles. The monoisotopic (exact) mass is 267 g/mol. The van der Waals surface area contributed by atoms with Crippen molar-refractivity contribution in [3.63, 3.8) is 0 Å². The van der Waals surface area contributed by atoms with E-state index in [1.165, 1.54) is 30.2 Å². The van der Waals surface area contributed by atoms with Crippen molar-refractivity contribution in [1.82, 2.24) is 15.2 Å². The highest BCUT2D eigenvalue weighted by molar-refractivity contribution is 7.09. The minimum atomic E-state index is 0.178. The Kier molecular flexibility index (Phi) is 4.41. The number of rotatable bonds is 4. The highest BCUT2D eigenvalue weighted by Crippen LogP contribution is 2.25. The summed E-state index contributed by atoms with van der Waals surface area (Å²) < 4.78 is 0. The SMILES string of the molecule is CN1CCC(CNCc2csc(C(C)(C)C)n2)C1. The summed E-state index contributed by atoms with van der Waals surface area (Å²) in [6.07, 6.45) is 1.33. The van der Waals surface area contributed by atoms with Crippen LogP contribution in [0.1, 0.15) is 37.9 Å². The molecule has 1 aromatic heterocycles. The van der Waals surface area contributed by atoms with Crippen LogP contribution in [-0.2, 0) is 12.0 Å². The van der Waals surface area contributed by atoms with Crippen LogP contribution in [0, 0.1) is 5.92 Å². The predicted octanol–water partition coefficient (Wildman–Crippen LogP) is 2.48. The van der Waals surface area contributed by atoms with E-state index in [1.807, 2.05) is 0 Å². The third-order valence-electron chi connectivity index (χ3n) is 3.42. The maximum Gasteiger partial charge on any atom is 0.0982 e. The van der Waals surface area contributed by atoms with Gasteiger partial charge in [-0.3, -0.25) is 0 Å². The van der Waals surface area contributed by atoms with Gasteiger partial charge in [0.05, 0.1) is 10.7 Å². The second kappa shape index (κ2) is 5.68. The summed E-state index contributed by atoms with van der Waals surface area (Å²) in [4.78, 5) is 7.12. The molecule has 1 fully saturated rings. The zero-order chi connectivity index (χ0) is 13.2. The van der Waals surface area contributed by atoms with Gasteiger partial charge in [0.25, 0.3) is 0 Å². The van der Waals surface area contributed by atoms with Crippen LogP contribution in [-0.4, -0.2) is 36.6 Å². The molecule has 18 heavy (non-hydrogen) atoms. The Bertz CT molecular complexity index is 381. The zero-order valence-electron chi connectivity index (χ0n) is 12.0. The van der Waals surface area contributed by atoms with Crippen LogP contribution < -0.4 is 5.32 Å². The molecule has 1 N–H and O–H groups in total. The second-order valence-corrected chi connectivity index (χ2v) is 7.30. The second-order valence-electron chi connectivity index (χ2n) is 6.44. The molecule has 2 heterocycles. The fraction of sp³-hybridized carbons (Fsp3) is 0.786. The number of nitrogens with zero attached hydrogens (tertiary/aromatic N) is 2. The van der Waals surface area contributed by atoms with Crippen LogP contribution in [0.3, 0.4) is 0 Å². The molecule has 1 saturated heterocycles. The van der Waals surface area contributed by atoms with Crippen molar-refractivity contribution in [3.05, 3.63) is 16.1 Å². The van der Waals surface area contributed by atoms with Crippen molar-refractivity contribution >= 4 is 11.3 Å². The van der Waals surface area contributed by atoms with E-state index in [1.54, 1.807) is 11.3 Å². The third kappa shape index (κ3) is 3.77. The highest BCUT2D eigenvalue weighted by atomic mass is 32.1. The predicted molar refractivity (Wildman–Crippen MR) is 78.1 cm³/mol. The third-order valence-corrected chi connectivity index (χ3v) is 4.74. The maximum atomic E-state index is 4.71. The molecule has 3 nitrogen and oxygen atoms in total. The van der Waals surface area contributed by atoms with E-state index in [-0.39, 0.29) is 5.41 Å². The number of nitrogens with one attached hydrogen (secondary N) is 1. The number of thiazole rings is 1. The lowest BCUT2D eigenvalue weighted by molar-refractivity contribution is 0.388. The van der Waals surface area contributed by atoms with E-state index < -0.39 is 0 Å². The molecule has 0 aliphatic carbocycles. The fourth-order valence-electron chi connectivity index (χ4n) is 2.33. The molecular formula is C14H25N3S. The molecule has 0 amide bonds. The van der Waals surface area contributed by atoms with Crippen LogP contribution in [0.25, 0.3) is 0 Å². The van der Waals surface area contributed by atoms with E-state index in [4.69, 9.17) is 4.98 Å². The molecule has 1 aliphatic heterocycles. The highest BCUT2D eigenvalue weighted by Gasteiger charge is 2.20. The van der Waals surface area contributed by atoms with Gasteiger partial charge in [-0.2, -0.15) is 0 Å². The average molecular weight is 267 g/mol. The van der Waals surface area contributed by atoms with Gasteiger partial charge in [0, 0.05) is 23.9 Å². The van der Waals surface area contributed by atoms with Gasteiger partial charge < -0.3 is 10.2 Å². The summed E-state index contributed by atoms with van der Waals surface area (Å²) >= 11 is 1.78. The summed E-state index contributed by atoms with van der Waals surface area (Å²) in [5.74, 6) is 0.815. The smallest absolute Gasteiger partial charge is 0.0982 e. The van der Waals surface area contributed by atoms with Gasteiger partial charge in [0.1, 0.15) is 0 Å². The largest absolute Gasteiger partial charge is 0.311 e. The van der Waals surface area contributed by atoms with Crippen molar-refractivity contribution in [1.29, 1.82) is 0 Å². The van der Waals surface area contributed by atoms with Crippen molar-refractivity contribution < 1.29 is 0 Å². The molecular weight excluding hydrogens is 242 g/mol. The number of hydrogen-bond acceptors (Lipinski definition) is 4. The number of likely N-dealkylation sites (tertiary alicyclic amines) is 1. The van der Waals surface area contributed by atoms with E-state index in [0.717, 1.165) is 19.0 Å². The van der Waals surface area contributed by atoms with E-state index in [0.29, 0.717) is 0 Å². The Morgan fingerprint density at radius 3 is 2.83 bits per heavy atom. The van der Waals surface area contributed by atoms with Gasteiger partial charge in [0.15, 0.2) is 0 Å². The summed E-state index contributed by atoms with van der Waals surface area (Å²) in [7, 11) is 2.20. The Labute approximate surface area is 115 Å². The standard InChI is InChI=1S/C14H25N3S/c1-14(2,3)13-16-12(10-18-13)8-15-7-11-5-6-17(4)9-11/h10-11,15H,5-9H2,1-4H3. The number of aromatic nitrogens is 1. The van der Waals surface area contributed by atoms with Gasteiger partial charge in [-0.05, 0) is 32.5 Å². The minimum absolute atomic E-state index is 0.178. The summed E-state index contributed by atoms with van der Waals surface area (Å²) in [6, 6.07) is 0. The summed E-state index contributed by atoms with van der Waals surface area (Å²) in [5, 5.41) is 6.97. The van der Waals surface area contributed by atoms with Crippen molar-refractivity contribution in [3.8, 4) is 0 Å². The Balaban J connectivity index is 1.75. The average Bonchev–Trinajstić information content (AvgIpc) is 2.87. The first-order valence-electron chi connectivity index (χ1n) is 6.79. The molecule has 0 saturated carbocycles. The first-order chi connectivity index (χ1) is 8.45. The molecule has 2 rings (SSSR count). The van der Waals surface area contributed by atoms with Crippen LogP contribution in [0.15, 0.2) is 5.38 Å². The van der Waals surface area contributed by atoms with E-state index in [9.17, 15) is 0 Å². The summed E-state index contributed by atoms with van der Waals surface area (Å²) in [6.45, 7) is 11.2. The quantitative estimate of drug-likeness (QED) is 0.908. The van der Waals surface area contributed by atoms with Gasteiger partial charge in [-0.15, -0.1) is 11.3 Å². The number of hydrogen-bond donors (Lipinski definition) is 1. The van der Waals surface area contributed by atoms with Gasteiger partial charge in [-0.1, -0.05) is 20.8 Å². The van der Waals surface area contributed by atoms with Crippen LogP contribution in [0.2, 0.25) is 0 Å². The van der Waals surface area contributed by atoms with Gasteiger partial charge in [-0.25, -0.2) is 4.98 Å². The van der Waals surface area contributed by atoms with Gasteiger partial charge >= 0.3 is 0 Å². The minimum Gasteiger partial charge on any atom is -0.311 e. The molecule has 4 heteroatoms. The molecule has 1 unspecified atom stereocenters. The molecule has 0 radical (unpaired) electrons. The van der Waals surface area contributed by atoms with E-state index >= 15 is 0 Å². The zero-order valence-corrected chi connectivity index (χ0v) is 12.8. The maximum absolute atomic E-state index is 4.71. The molecule has 0 spiro atoms. The topological polar surface area (TPSA) is 28.2 Å². The van der Waals surface area contributed by atoms with Crippen LogP contribution in [0.5, 0.6) is 0 Å². The first-order valence-corrected chi connectivity index (χ1v) is 7.67. The molecule has 102 valence electrons. The summed E-state index contributed by atoms with van der Waals surface area (Å²) in [5.41, 5.74) is 1.37. The van der Waals surface area contributed by atoms with Crippen LogP contribution in [0.4, 0.5) is 0 Å². The molecule has 1 atom stereocenters. The lowest BCUT2D eigenvalue weighted by atomic mass is 9.98. The molecule has 1 aromatic rings. The lowest BCUT2D eigenvalue weighted by Crippen LogP contribution is -2.25. The molecule has 0 bridgehead atoms. The lowest BCUT2D eigenvalue weighted by Gasteiger charge is -2.13. The Hall–Kier alpha value is -0.450. The molecule has 1 aliphatic rings. The Morgan fingerprint density at radius 1 is 1.50 bits per heavy atom. The van der Waals surface area contributed by atoms with Crippen molar-refractivity contribution in [2.45, 2.75) is 39.2 Å². The van der Waals surface area contributed by atoms with Crippen molar-refractivity contribution in [2.75, 3.05) is 26.7 Å². The van der Waals surface area contributed by atoms with E-state index in [2.05, 4.69) is 43.4 Å². The normalized spacial score (nSPS) is 21.7. The first kappa shape index (κ1) is 14.0. The van der Waals surface area contributed by atoms with Gasteiger partial charge in [0.2, 0.25) is 0 Å². The Morgan fingerprint density at radius 2 is 2.28 bits per heavy atom.